The minimum Gasteiger partial charge on any atom is -0.444 e. The third kappa shape index (κ3) is 21.5. The van der Waals surface area contributed by atoms with Crippen LogP contribution in [0.2, 0.25) is 0 Å². The molecule has 2 heterocycles. The number of amides is 10. The molecule has 4 saturated carbocycles. The molecule has 2 saturated heterocycles. The average molecular weight is 1490 g/mol. The molecule has 4 aliphatic carbocycles. The number of hydrogen-bond donors (Lipinski definition) is 9. The highest BCUT2D eigenvalue weighted by atomic mass is 32.2. The first-order valence-corrected chi connectivity index (χ1v) is 37.8. The smallest absolute Gasteiger partial charge is 0.408 e. The van der Waals surface area contributed by atoms with E-state index in [4.69, 9.17) is 20.5 Å². The maximum atomic E-state index is 14.4. The Hall–Kier alpha value is -9.76. The molecular weight excluding hydrogens is 1390 g/mol. The third-order valence-corrected chi connectivity index (χ3v) is 21.8. The van der Waals surface area contributed by atoms with Crippen LogP contribution in [0.4, 0.5) is 25.8 Å². The number of nitriles is 1. The Morgan fingerprint density at radius 3 is 1.42 bits per heavy atom. The summed E-state index contributed by atoms with van der Waals surface area (Å²) >= 11 is 0. The Labute approximate surface area is 613 Å². The molecule has 10 rings (SSSR count). The monoisotopic (exact) mass is 1490 g/mol. The number of carbonyl (C=O) groups is 9. The first-order valence-electron chi connectivity index (χ1n) is 34.7. The van der Waals surface area contributed by atoms with Gasteiger partial charge in [-0.2, -0.15) is 10.3 Å². The van der Waals surface area contributed by atoms with Crippen molar-refractivity contribution in [1.82, 2.24) is 45.8 Å². The number of urea groups is 1. The van der Waals surface area contributed by atoms with Gasteiger partial charge < -0.3 is 56.9 Å². The highest BCUT2D eigenvalue weighted by molar-refractivity contribution is 7.91. The van der Waals surface area contributed by atoms with Gasteiger partial charge in [0.05, 0.1) is 34.0 Å². The van der Waals surface area contributed by atoms with Crippen LogP contribution in [-0.2, 0) is 63.1 Å². The molecule has 0 aromatic heterocycles. The summed E-state index contributed by atoms with van der Waals surface area (Å²) in [6.45, 7) is 29.6. The summed E-state index contributed by atoms with van der Waals surface area (Å²) in [4.78, 5) is 137. The molecule has 10 atom stereocenters. The van der Waals surface area contributed by atoms with Crippen molar-refractivity contribution < 1.29 is 74.3 Å². The van der Waals surface area contributed by atoms with Crippen molar-refractivity contribution in [3.63, 3.8) is 0 Å². The Balaban J connectivity index is 0.000000248. The van der Waals surface area contributed by atoms with Crippen LogP contribution in [-0.4, -0.2) is 168 Å². The van der Waals surface area contributed by atoms with Gasteiger partial charge in [0.25, 0.3) is 11.8 Å². The third-order valence-electron chi connectivity index (χ3n) is 18.2. The van der Waals surface area contributed by atoms with Crippen molar-refractivity contribution in [1.29, 1.82) is 5.26 Å². The van der Waals surface area contributed by atoms with Crippen molar-refractivity contribution in [3.8, 4) is 6.07 Å². The van der Waals surface area contributed by atoms with Gasteiger partial charge in [-0.05, 0) is 127 Å². The second-order valence-corrected chi connectivity index (χ2v) is 35.2. The molecule has 568 valence electrons. The standard InChI is InChI=1S/C36H48N6O8S.C25H41N5O7S.C11H7NO.C2H3N/c1-8-22-19-36(22,31(45)41-51(48,49)24-16-17-24)40-29(43)27-18-23(37-32(46)38-26-15-11-13-21-12-9-10-14-25(21)26)20-42(27)30(44)28(34(2,3)4)39-33(47)50-35(5,6)7;1-8-14-12-25(14,21(33)29-38(35,36)16-9-10-16)28-19(31)17-11-15(26)13-30(17)20(32)18(23(2,3)4)27-22(34)37-24(5,6)7;13-8-12-11-7-3-5-9-4-1-2-6-10(9)11;1-2-3/h8-15,22-24,27-28H,1,16-20H2,2-7H3,(H,39,47)(H,40,43)(H,41,45)(H2,37,38,46);8,14-18H,1,9-13,26H2,2-7H3,(H,27,34)(H,28,31)(H,29,33);1-7H;1H3/t22?,23-,27+,28-,36?;14?,15-,17+,18-,25?;;/m11../s1. The molecule has 10 amide bonds. The number of nitrogens with zero attached hydrogens (tertiary/aromatic N) is 4. The van der Waals surface area contributed by atoms with Gasteiger partial charge in [0.1, 0.15) is 46.4 Å². The quantitative estimate of drug-likeness (QED) is 0.0251. The molecular formula is C74H99N13O16S2. The van der Waals surface area contributed by atoms with Crippen molar-refractivity contribution in [3.05, 3.63) is 110 Å². The van der Waals surface area contributed by atoms with Gasteiger partial charge in [0.2, 0.25) is 49.8 Å². The Morgan fingerprint density at radius 1 is 0.610 bits per heavy atom. The second kappa shape index (κ2) is 32.7. The SMILES string of the molecule is C=CC1CC1(NC(=O)[C@@H]1C[C@@H](N)CN1C(=O)[C@@H](NC(=O)OC(C)(C)C)C(C)(C)C)C(=O)NS(=O)(=O)C1CC1.C=CC1CC1(NC(=O)[C@@H]1C[C@@H](NC(=O)Nc2cccc3ccccc23)CN1C(=O)[C@@H](NC(=O)OC(C)(C)C)C(C)(C)C)C(=O)NS(=O)(=O)C1CC1.CC#N.O=C=Nc1cccc2ccccc12. The molecule has 0 bridgehead atoms. The normalized spacial score (nSPS) is 23.0. The van der Waals surface area contributed by atoms with Gasteiger partial charge in [0.15, 0.2) is 0 Å². The number of fused-ring (bicyclic) bond motifs is 2. The number of nitrogens with two attached hydrogens (primary N) is 1. The van der Waals surface area contributed by atoms with E-state index in [0.29, 0.717) is 37.1 Å². The zero-order valence-electron chi connectivity index (χ0n) is 61.7. The zero-order valence-corrected chi connectivity index (χ0v) is 63.3. The molecule has 4 aromatic carbocycles. The van der Waals surface area contributed by atoms with Crippen LogP contribution in [0.25, 0.3) is 21.5 Å². The van der Waals surface area contributed by atoms with Crippen LogP contribution in [0.1, 0.15) is 141 Å². The number of carbonyl (C=O) groups excluding carboxylic acids is 10. The highest BCUT2D eigenvalue weighted by Gasteiger charge is 2.63. The molecule has 0 radical (unpaired) electrons. The Morgan fingerprint density at radius 2 is 1.01 bits per heavy atom. The van der Waals surface area contributed by atoms with E-state index in [-0.39, 0.29) is 38.8 Å². The van der Waals surface area contributed by atoms with Crippen LogP contribution in [0.15, 0.2) is 115 Å². The number of hydrogen-bond acceptors (Lipinski definition) is 19. The molecule has 31 heteroatoms. The van der Waals surface area contributed by atoms with Crippen LogP contribution >= 0.6 is 0 Å². The predicted molar refractivity (Wildman–Crippen MR) is 395 cm³/mol. The van der Waals surface area contributed by atoms with E-state index >= 15 is 0 Å². The molecule has 29 nitrogen and oxygen atoms in total. The van der Waals surface area contributed by atoms with Crippen LogP contribution in [0.5, 0.6) is 0 Å². The largest absolute Gasteiger partial charge is 0.444 e. The molecule has 6 fully saturated rings. The topological polar surface area (TPSA) is 422 Å². The molecule has 105 heavy (non-hydrogen) atoms. The van der Waals surface area contributed by atoms with Gasteiger partial charge in [-0.1, -0.05) is 126 Å². The van der Waals surface area contributed by atoms with Gasteiger partial charge in [-0.25, -0.2) is 36.0 Å². The minimum atomic E-state index is -3.91. The molecule has 4 aromatic rings. The van der Waals surface area contributed by atoms with Crippen LogP contribution < -0.4 is 47.1 Å². The van der Waals surface area contributed by atoms with E-state index in [1.54, 1.807) is 107 Å². The van der Waals surface area contributed by atoms with E-state index in [1.807, 2.05) is 72.8 Å². The lowest BCUT2D eigenvalue weighted by atomic mass is 9.85. The van der Waals surface area contributed by atoms with Crippen molar-refractivity contribution in [2.45, 2.75) is 210 Å². The first-order chi connectivity index (χ1) is 48.9. The summed E-state index contributed by atoms with van der Waals surface area (Å²) in [5.74, 6) is -5.14. The maximum absolute atomic E-state index is 14.4. The van der Waals surface area contributed by atoms with E-state index in [2.05, 4.69) is 59.5 Å². The minimum absolute atomic E-state index is 0.0271. The lowest BCUT2D eigenvalue weighted by Crippen LogP contribution is -2.60. The molecule has 10 N–H and O–H groups in total. The zero-order chi connectivity index (χ0) is 78.2. The van der Waals surface area contributed by atoms with E-state index in [0.717, 1.165) is 21.5 Å². The number of likely N-dealkylation sites (tertiary alicyclic amines) is 2. The highest BCUT2D eigenvalue weighted by Crippen LogP contribution is 2.47. The van der Waals surface area contributed by atoms with Crippen LogP contribution in [0, 0.1) is 34.0 Å². The van der Waals surface area contributed by atoms with Crippen molar-refractivity contribution >= 4 is 113 Å². The van der Waals surface area contributed by atoms with E-state index in [9.17, 15) is 64.8 Å². The number of anilines is 1. The Bertz CT molecular complexity index is 4320. The fourth-order valence-corrected chi connectivity index (χ4v) is 15.1. The number of aliphatic imine (C=N–C) groups is 1. The molecule has 0 spiro atoms. The predicted octanol–water partition coefficient (Wildman–Crippen LogP) is 7.40. The number of rotatable bonds is 19. The number of ether oxygens (including phenoxy) is 2. The summed E-state index contributed by atoms with van der Waals surface area (Å²) in [6.07, 6.45) is 5.20. The number of benzene rings is 4. The van der Waals surface area contributed by atoms with Crippen molar-refractivity contribution in [2.24, 2.45) is 33.4 Å². The molecule has 6 aliphatic rings. The van der Waals surface area contributed by atoms with Crippen LogP contribution in [0.3, 0.4) is 0 Å². The van der Waals surface area contributed by atoms with Gasteiger partial charge >= 0.3 is 18.2 Å². The van der Waals surface area contributed by atoms with Gasteiger partial charge in [0, 0.05) is 48.7 Å². The summed E-state index contributed by atoms with van der Waals surface area (Å²) < 4.78 is 65.0. The average Bonchev–Trinajstić information content (AvgIpc) is 1.57. The number of sulfonamides is 2. The van der Waals surface area contributed by atoms with E-state index < -0.39 is 165 Å². The fourth-order valence-electron chi connectivity index (χ4n) is 12.3. The molecule has 2 aliphatic heterocycles. The summed E-state index contributed by atoms with van der Waals surface area (Å²) in [7, 11) is -7.73. The Kier molecular flexibility index (Phi) is 25.7. The lowest BCUT2D eigenvalue weighted by molar-refractivity contribution is -0.143. The summed E-state index contributed by atoms with van der Waals surface area (Å²) in [5.41, 5.74) is 1.14. The number of isocyanates is 1. The van der Waals surface area contributed by atoms with Gasteiger partial charge in [-0.3, -0.25) is 38.2 Å². The summed E-state index contributed by atoms with van der Waals surface area (Å²) in [6, 6.07) is 22.1. The van der Waals surface area contributed by atoms with Crippen molar-refractivity contribution in [2.75, 3.05) is 18.4 Å². The fraction of sp³-hybridized carbons (Fsp3) is 0.527. The number of alkyl carbamates (subject to hydrolysis) is 2. The molecule has 4 unspecified atom stereocenters. The number of nitrogens with one attached hydrogen (secondary N) is 8. The second-order valence-electron chi connectivity index (χ2n) is 31.2. The lowest BCUT2D eigenvalue weighted by Gasteiger charge is -2.36. The first kappa shape index (κ1) is 82.5. The summed E-state index contributed by atoms with van der Waals surface area (Å²) in [5, 5.41) is 26.3. The maximum Gasteiger partial charge on any atom is 0.408 e. The van der Waals surface area contributed by atoms with Gasteiger partial charge in [-0.15, -0.1) is 13.2 Å². The van der Waals surface area contributed by atoms with E-state index in [1.165, 1.54) is 28.9 Å².